The highest BCUT2D eigenvalue weighted by Gasteiger charge is 2.32. The Morgan fingerprint density at radius 2 is 1.46 bits per heavy atom. The minimum absolute atomic E-state index is 0.00151. The number of hydrogen-bond acceptors (Lipinski definition) is 7. The van der Waals surface area contributed by atoms with E-state index in [1.807, 2.05) is 86.6 Å². The summed E-state index contributed by atoms with van der Waals surface area (Å²) in [5.41, 5.74) is 7.06. The Morgan fingerprint density at radius 3 is 1.88 bits per heavy atom. The van der Waals surface area contributed by atoms with Gasteiger partial charge in [0.1, 0.15) is 18.5 Å². The van der Waals surface area contributed by atoms with E-state index in [2.05, 4.69) is 30.7 Å². The van der Waals surface area contributed by atoms with Crippen molar-refractivity contribution in [1.29, 1.82) is 0 Å². The topological polar surface area (TPSA) is 137 Å². The Morgan fingerprint density at radius 1 is 0.942 bits per heavy atom. The molecule has 9 nitrogen and oxygen atoms in total. The van der Waals surface area contributed by atoms with E-state index in [0.717, 1.165) is 49.4 Å². The van der Waals surface area contributed by atoms with Crippen LogP contribution in [0, 0.1) is 5.92 Å². The van der Waals surface area contributed by atoms with E-state index in [4.69, 9.17) is 15.2 Å². The zero-order chi connectivity index (χ0) is 41.5. The van der Waals surface area contributed by atoms with Crippen LogP contribution in [-0.2, 0) is 37.1 Å². The van der Waals surface area contributed by atoms with Crippen LogP contribution in [0.15, 0.2) is 61.2 Å². The largest absolute Gasteiger partial charge is 0.447 e. The van der Waals surface area contributed by atoms with Crippen LogP contribution in [0.2, 0.25) is 0 Å². The number of methoxy groups -OCH3 is 1. The molecule has 306 valence electrons. The fourth-order valence-corrected chi connectivity index (χ4v) is 6.09. The van der Waals surface area contributed by atoms with Gasteiger partial charge in [-0.1, -0.05) is 106 Å². The maximum absolute atomic E-state index is 13.0. The molecule has 0 aliphatic rings. The highest BCUT2D eigenvalue weighted by molar-refractivity contribution is 7.92. The van der Waals surface area contributed by atoms with Gasteiger partial charge in [-0.25, -0.2) is 22.0 Å². The third kappa shape index (κ3) is 35.3. The summed E-state index contributed by atoms with van der Waals surface area (Å²) in [6.45, 7) is 28.1. The van der Waals surface area contributed by atoms with Crippen molar-refractivity contribution in [2.75, 3.05) is 32.6 Å². The Hall–Kier alpha value is -3.09. The molecule has 1 rings (SSSR count). The van der Waals surface area contributed by atoms with Crippen molar-refractivity contribution < 1.29 is 36.3 Å². The molecule has 0 heterocycles. The number of carbonyl (C=O) groups excluding carboxylic acids is 2. The summed E-state index contributed by atoms with van der Waals surface area (Å²) in [6, 6.07) is 6.53. The molecule has 0 saturated heterocycles. The number of halogens is 2. The molecule has 0 radical (unpaired) electrons. The molecular weight excluding hydrogens is 689 g/mol. The number of benzene rings is 1. The van der Waals surface area contributed by atoms with Crippen molar-refractivity contribution in [1.82, 2.24) is 10.6 Å². The summed E-state index contributed by atoms with van der Waals surface area (Å²) in [5, 5.41) is 4.63. The molecule has 0 saturated carbocycles. The van der Waals surface area contributed by atoms with Crippen LogP contribution in [-0.4, -0.2) is 64.3 Å². The van der Waals surface area contributed by atoms with E-state index in [0.29, 0.717) is 12.8 Å². The molecule has 1 aromatic rings. The molecule has 0 spiro atoms. The number of alkyl carbamates (subject to hydrolysis) is 1. The first-order valence-corrected chi connectivity index (χ1v) is 20.3. The molecule has 4 N–H and O–H groups in total. The number of sulfone groups is 1. The highest BCUT2D eigenvalue weighted by Crippen LogP contribution is 2.17. The summed E-state index contributed by atoms with van der Waals surface area (Å²) >= 11 is 0. The SMILES string of the molecule is C/C(F)=C\C(F)=C/C(C)C.C=C.CC.CC.CCCC(CCC)S(=O)(=O)CC(NC(=O)OCCOC)C(=O)NCc1cccc(CC)c1.CCCN. The van der Waals surface area contributed by atoms with E-state index in [1.165, 1.54) is 20.1 Å². The van der Waals surface area contributed by atoms with Crippen LogP contribution in [0.4, 0.5) is 13.6 Å². The van der Waals surface area contributed by atoms with Crippen LogP contribution >= 0.6 is 0 Å². The van der Waals surface area contributed by atoms with Crippen LogP contribution in [0.1, 0.15) is 119 Å². The van der Waals surface area contributed by atoms with Gasteiger partial charge in [-0.05, 0) is 62.3 Å². The average Bonchev–Trinajstić information content (AvgIpc) is 3.12. The third-order valence-electron chi connectivity index (χ3n) is 6.24. The van der Waals surface area contributed by atoms with Crippen molar-refractivity contribution >= 4 is 21.8 Å². The quantitative estimate of drug-likeness (QED) is 0.0770. The highest BCUT2D eigenvalue weighted by atomic mass is 32.2. The normalized spacial score (nSPS) is 11.3. The first-order valence-electron chi connectivity index (χ1n) is 18.6. The maximum Gasteiger partial charge on any atom is 0.407 e. The molecule has 0 aliphatic carbocycles. The number of rotatable bonds is 18. The zero-order valence-electron chi connectivity index (χ0n) is 34.6. The smallest absolute Gasteiger partial charge is 0.407 e. The van der Waals surface area contributed by atoms with Crippen LogP contribution in [0.5, 0.6) is 0 Å². The average molecular weight is 764 g/mol. The Labute approximate surface area is 317 Å². The monoisotopic (exact) mass is 764 g/mol. The lowest BCUT2D eigenvalue weighted by Crippen LogP contribution is -2.51. The molecule has 2 amide bonds. The van der Waals surface area contributed by atoms with E-state index in [-0.39, 0.29) is 25.7 Å². The summed E-state index contributed by atoms with van der Waals surface area (Å²) < 4.78 is 60.3. The Balaban J connectivity index is -0.000000303. The Kier molecular flexibility index (Phi) is 45.5. The predicted octanol–water partition coefficient (Wildman–Crippen LogP) is 9.57. The molecule has 1 aromatic carbocycles. The van der Waals surface area contributed by atoms with Crippen molar-refractivity contribution in [2.24, 2.45) is 11.7 Å². The molecule has 52 heavy (non-hydrogen) atoms. The number of hydrogen-bond donors (Lipinski definition) is 3. The minimum atomic E-state index is -3.61. The lowest BCUT2D eigenvalue weighted by atomic mass is 10.1. The van der Waals surface area contributed by atoms with Gasteiger partial charge in [-0.2, -0.15) is 0 Å². The number of aryl methyl sites for hydroxylation is 1. The molecular formula is C40H75F2N3O6S. The number of ether oxygens (including phenoxy) is 2. The molecule has 0 aromatic heterocycles. The van der Waals surface area contributed by atoms with Gasteiger partial charge >= 0.3 is 6.09 Å². The van der Waals surface area contributed by atoms with Gasteiger partial charge in [-0.3, -0.25) is 4.79 Å². The van der Waals surface area contributed by atoms with Gasteiger partial charge in [-0.15, -0.1) is 13.2 Å². The molecule has 1 atom stereocenters. The Bertz CT molecular complexity index is 1150. The number of amides is 2. The molecule has 0 bridgehead atoms. The van der Waals surface area contributed by atoms with Gasteiger partial charge in [0.2, 0.25) is 5.91 Å². The van der Waals surface area contributed by atoms with Crippen LogP contribution < -0.4 is 16.4 Å². The number of nitrogens with one attached hydrogen (secondary N) is 2. The van der Waals surface area contributed by atoms with Crippen molar-refractivity contribution in [3.63, 3.8) is 0 Å². The minimum Gasteiger partial charge on any atom is -0.447 e. The van der Waals surface area contributed by atoms with Gasteiger partial charge < -0.3 is 25.8 Å². The second-order valence-corrected chi connectivity index (χ2v) is 13.4. The fourth-order valence-electron chi connectivity index (χ4n) is 3.93. The molecule has 12 heteroatoms. The summed E-state index contributed by atoms with van der Waals surface area (Å²) in [5.74, 6) is -1.93. The lowest BCUT2D eigenvalue weighted by Gasteiger charge is -2.22. The first-order chi connectivity index (χ1) is 24.7. The first kappa shape index (κ1) is 58.2. The van der Waals surface area contributed by atoms with Crippen molar-refractivity contribution in [3.8, 4) is 0 Å². The standard InChI is InChI=1S/C23H38N2O6S.C8H12F2.C3H9N.2C2H6.C2H4/c1-5-9-20(10-6-2)32(28,29)17-21(25-23(27)31-14-13-30-4)22(26)24-16-19-12-8-11-18(7-3)15-19;1-6(2)4-8(10)5-7(3)9;1-2-3-4;3*1-2/h8,11-12,15,20-21H,5-7,9-10,13-14,16-17H2,1-4H3,(H,24,26)(H,25,27);4-6H,1-3H3;2-4H2,1H3;2*1-2H3;1-2H2/b;7-5+,8-4+;;;;. The predicted molar refractivity (Wildman–Crippen MR) is 217 cm³/mol. The molecule has 0 fully saturated rings. The summed E-state index contributed by atoms with van der Waals surface area (Å²) in [4.78, 5) is 25.0. The third-order valence-corrected chi connectivity index (χ3v) is 8.53. The van der Waals surface area contributed by atoms with Crippen molar-refractivity contribution in [3.05, 3.63) is 72.4 Å². The lowest BCUT2D eigenvalue weighted by molar-refractivity contribution is -0.122. The molecule has 1 unspecified atom stereocenters. The second-order valence-electron chi connectivity index (χ2n) is 11.1. The van der Waals surface area contributed by atoms with Crippen LogP contribution in [0.25, 0.3) is 0 Å². The summed E-state index contributed by atoms with van der Waals surface area (Å²) in [7, 11) is -2.14. The van der Waals surface area contributed by atoms with E-state index >= 15 is 0 Å². The van der Waals surface area contributed by atoms with Gasteiger partial charge in [0.05, 0.1) is 23.4 Å². The number of nitrogens with two attached hydrogens (primary N) is 1. The molecule has 0 aliphatic heterocycles. The van der Waals surface area contributed by atoms with E-state index < -0.39 is 50.5 Å². The van der Waals surface area contributed by atoms with Gasteiger partial charge in [0.25, 0.3) is 0 Å². The zero-order valence-corrected chi connectivity index (χ0v) is 35.4. The van der Waals surface area contributed by atoms with Gasteiger partial charge in [0, 0.05) is 19.7 Å². The van der Waals surface area contributed by atoms with Gasteiger partial charge in [0.15, 0.2) is 9.84 Å². The van der Waals surface area contributed by atoms with Crippen LogP contribution in [0.3, 0.4) is 0 Å². The summed E-state index contributed by atoms with van der Waals surface area (Å²) in [6.07, 6.45) is 5.84. The van der Waals surface area contributed by atoms with E-state index in [1.54, 1.807) is 0 Å². The number of carbonyl (C=O) groups is 2. The fraction of sp³-hybridized carbons (Fsp3) is 0.650. The maximum atomic E-state index is 13.0. The van der Waals surface area contributed by atoms with Crippen molar-refractivity contribution in [2.45, 2.75) is 133 Å². The van der Waals surface area contributed by atoms with E-state index in [9.17, 15) is 26.8 Å². The number of allylic oxidation sites excluding steroid dienone is 4. The second kappa shape index (κ2) is 40.7.